The molecule has 0 aliphatic carbocycles. The molecule has 0 heterocycles. The summed E-state index contributed by atoms with van der Waals surface area (Å²) in [5, 5.41) is 8.99. The van der Waals surface area contributed by atoms with Gasteiger partial charge >= 0.3 is 11.9 Å². The zero-order chi connectivity index (χ0) is 14.5. The van der Waals surface area contributed by atoms with Gasteiger partial charge in [-0.3, -0.25) is 0 Å². The lowest BCUT2D eigenvalue weighted by molar-refractivity contribution is 0.0478. The lowest BCUT2D eigenvalue weighted by atomic mass is 9.91. The van der Waals surface area contributed by atoms with E-state index in [0.29, 0.717) is 6.61 Å². The van der Waals surface area contributed by atoms with Crippen LogP contribution in [0.3, 0.4) is 0 Å². The highest BCUT2D eigenvalue weighted by Crippen LogP contribution is 2.20. The van der Waals surface area contributed by atoms with Crippen molar-refractivity contribution >= 4 is 11.9 Å². The van der Waals surface area contributed by atoms with Gasteiger partial charge in [0.1, 0.15) is 0 Å². The van der Waals surface area contributed by atoms with Gasteiger partial charge in [0.15, 0.2) is 0 Å². The Morgan fingerprint density at radius 1 is 1.16 bits per heavy atom. The third-order valence-corrected chi connectivity index (χ3v) is 2.68. The number of carboxylic acids is 1. The van der Waals surface area contributed by atoms with Gasteiger partial charge in [-0.25, -0.2) is 9.59 Å². The summed E-state index contributed by atoms with van der Waals surface area (Å²) in [5.41, 5.74) is 0.278. The molecule has 1 N–H and O–H groups in total. The van der Waals surface area contributed by atoms with Crippen LogP contribution in [0, 0.1) is 5.41 Å². The van der Waals surface area contributed by atoms with Crippen molar-refractivity contribution in [3.63, 3.8) is 0 Å². The topological polar surface area (TPSA) is 63.6 Å². The van der Waals surface area contributed by atoms with Crippen LogP contribution < -0.4 is 0 Å². The van der Waals surface area contributed by atoms with Gasteiger partial charge < -0.3 is 9.84 Å². The quantitative estimate of drug-likeness (QED) is 0.654. The van der Waals surface area contributed by atoms with Crippen molar-refractivity contribution in [3.8, 4) is 0 Å². The van der Waals surface area contributed by atoms with E-state index in [9.17, 15) is 9.59 Å². The Kier molecular flexibility index (Phi) is 5.10. The van der Waals surface area contributed by atoms with Crippen molar-refractivity contribution < 1.29 is 19.4 Å². The van der Waals surface area contributed by atoms with E-state index in [4.69, 9.17) is 9.84 Å². The number of hydrogen-bond acceptors (Lipinski definition) is 3. The van der Waals surface area contributed by atoms with Crippen LogP contribution in [-0.4, -0.2) is 23.7 Å². The first kappa shape index (κ1) is 15.2. The van der Waals surface area contributed by atoms with Gasteiger partial charge in [-0.2, -0.15) is 0 Å². The zero-order valence-corrected chi connectivity index (χ0v) is 11.6. The van der Waals surface area contributed by atoms with Gasteiger partial charge in [-0.1, -0.05) is 32.9 Å². The molecule has 1 aromatic rings. The standard InChI is InChI=1S/C15H20O4/c1-15(2,3)9-6-10-19-14(18)12-8-5-4-7-11(12)13(16)17/h4-5,7-8H,6,9-10H2,1-3H3,(H,16,17). The molecule has 0 saturated carbocycles. The Morgan fingerprint density at radius 3 is 2.26 bits per heavy atom. The maximum Gasteiger partial charge on any atom is 0.339 e. The maximum absolute atomic E-state index is 11.8. The molecule has 0 aliphatic heterocycles. The molecule has 1 rings (SSSR count). The minimum absolute atomic E-state index is 0.0247. The highest BCUT2D eigenvalue weighted by atomic mass is 16.5. The van der Waals surface area contributed by atoms with Gasteiger partial charge in [0.05, 0.1) is 17.7 Å². The molecule has 0 bridgehead atoms. The van der Waals surface area contributed by atoms with Crippen LogP contribution in [0.2, 0.25) is 0 Å². The Morgan fingerprint density at radius 2 is 1.74 bits per heavy atom. The lowest BCUT2D eigenvalue weighted by Crippen LogP contribution is -2.13. The molecule has 0 aromatic heterocycles. The van der Waals surface area contributed by atoms with Crippen molar-refractivity contribution in [2.75, 3.05) is 6.61 Å². The van der Waals surface area contributed by atoms with Crippen molar-refractivity contribution in [1.82, 2.24) is 0 Å². The number of carboxylic acid groups (broad SMARTS) is 1. The van der Waals surface area contributed by atoms with Crippen LogP contribution in [0.1, 0.15) is 54.3 Å². The van der Waals surface area contributed by atoms with E-state index in [2.05, 4.69) is 20.8 Å². The van der Waals surface area contributed by atoms with Crippen molar-refractivity contribution in [2.24, 2.45) is 5.41 Å². The molecule has 1 aromatic carbocycles. The Balaban J connectivity index is 2.57. The van der Waals surface area contributed by atoms with E-state index in [1.54, 1.807) is 12.1 Å². The second-order valence-electron chi connectivity index (χ2n) is 5.65. The Bertz CT molecular complexity index is 457. The molecule has 4 nitrogen and oxygen atoms in total. The summed E-state index contributed by atoms with van der Waals surface area (Å²) < 4.78 is 5.11. The summed E-state index contributed by atoms with van der Waals surface area (Å²) in [5.74, 6) is -1.70. The normalized spacial score (nSPS) is 11.1. The van der Waals surface area contributed by atoms with Crippen LogP contribution in [-0.2, 0) is 4.74 Å². The Hall–Kier alpha value is -1.84. The molecule has 104 valence electrons. The summed E-state index contributed by atoms with van der Waals surface area (Å²) in [4.78, 5) is 22.8. The smallest absolute Gasteiger partial charge is 0.339 e. The highest BCUT2D eigenvalue weighted by molar-refractivity contribution is 6.02. The Labute approximate surface area is 113 Å². The molecule has 0 atom stereocenters. The number of carbonyl (C=O) groups excluding carboxylic acids is 1. The molecule has 4 heteroatoms. The maximum atomic E-state index is 11.8. The van der Waals surface area contributed by atoms with E-state index in [1.807, 2.05) is 0 Å². The van der Waals surface area contributed by atoms with Crippen LogP contribution in [0.25, 0.3) is 0 Å². The number of carbonyl (C=O) groups is 2. The average molecular weight is 264 g/mol. The van der Waals surface area contributed by atoms with Gasteiger partial charge in [-0.05, 0) is 30.4 Å². The first-order valence-corrected chi connectivity index (χ1v) is 6.31. The van der Waals surface area contributed by atoms with Crippen molar-refractivity contribution in [3.05, 3.63) is 35.4 Å². The van der Waals surface area contributed by atoms with E-state index in [-0.39, 0.29) is 16.5 Å². The molecule has 0 spiro atoms. The molecule has 0 aliphatic rings. The van der Waals surface area contributed by atoms with Crippen LogP contribution in [0.5, 0.6) is 0 Å². The van der Waals surface area contributed by atoms with Gasteiger partial charge in [0, 0.05) is 0 Å². The van der Waals surface area contributed by atoms with Gasteiger partial charge in [0.2, 0.25) is 0 Å². The summed E-state index contributed by atoms with van der Waals surface area (Å²) >= 11 is 0. The SMILES string of the molecule is CC(C)(C)CCCOC(=O)c1ccccc1C(=O)O. The second kappa shape index (κ2) is 6.36. The summed E-state index contributed by atoms with van der Waals surface area (Å²) in [6, 6.07) is 6.07. The monoisotopic (exact) mass is 264 g/mol. The number of benzene rings is 1. The molecular formula is C15H20O4. The second-order valence-corrected chi connectivity index (χ2v) is 5.65. The predicted molar refractivity (Wildman–Crippen MR) is 72.4 cm³/mol. The summed E-state index contributed by atoms with van der Waals surface area (Å²) in [6.07, 6.45) is 1.71. The van der Waals surface area contributed by atoms with Crippen LogP contribution >= 0.6 is 0 Å². The summed E-state index contributed by atoms with van der Waals surface area (Å²) in [7, 11) is 0. The fraction of sp³-hybridized carbons (Fsp3) is 0.467. The van der Waals surface area contributed by atoms with Crippen LogP contribution in [0.15, 0.2) is 24.3 Å². The highest BCUT2D eigenvalue weighted by Gasteiger charge is 2.17. The van der Waals surface area contributed by atoms with E-state index >= 15 is 0 Å². The minimum Gasteiger partial charge on any atom is -0.478 e. The molecule has 19 heavy (non-hydrogen) atoms. The van der Waals surface area contributed by atoms with Gasteiger partial charge in [-0.15, -0.1) is 0 Å². The number of hydrogen-bond donors (Lipinski definition) is 1. The lowest BCUT2D eigenvalue weighted by Gasteiger charge is -2.17. The van der Waals surface area contributed by atoms with Crippen molar-refractivity contribution in [2.45, 2.75) is 33.6 Å². The fourth-order valence-corrected chi connectivity index (χ4v) is 1.69. The largest absolute Gasteiger partial charge is 0.478 e. The predicted octanol–water partition coefficient (Wildman–Crippen LogP) is 3.37. The molecule has 0 radical (unpaired) electrons. The minimum atomic E-state index is -1.12. The number of ether oxygens (including phenoxy) is 1. The summed E-state index contributed by atoms with van der Waals surface area (Å²) in [6.45, 7) is 6.67. The molecular weight excluding hydrogens is 244 g/mol. The van der Waals surface area contributed by atoms with Crippen molar-refractivity contribution in [1.29, 1.82) is 0 Å². The third kappa shape index (κ3) is 5.12. The molecule has 0 amide bonds. The molecule has 0 unspecified atom stereocenters. The number of aromatic carboxylic acids is 1. The first-order chi connectivity index (χ1) is 8.81. The third-order valence-electron chi connectivity index (χ3n) is 2.68. The molecule has 0 saturated heterocycles. The number of esters is 1. The van der Waals surface area contributed by atoms with Gasteiger partial charge in [0.25, 0.3) is 0 Å². The van der Waals surface area contributed by atoms with E-state index in [1.165, 1.54) is 12.1 Å². The van der Waals surface area contributed by atoms with E-state index in [0.717, 1.165) is 12.8 Å². The zero-order valence-electron chi connectivity index (χ0n) is 11.6. The molecule has 0 fully saturated rings. The average Bonchev–Trinajstić information content (AvgIpc) is 2.33. The first-order valence-electron chi connectivity index (χ1n) is 6.31. The van der Waals surface area contributed by atoms with E-state index < -0.39 is 11.9 Å². The fourth-order valence-electron chi connectivity index (χ4n) is 1.69. The van der Waals surface area contributed by atoms with Crippen LogP contribution in [0.4, 0.5) is 0 Å². The number of rotatable bonds is 5.